The van der Waals surface area contributed by atoms with Crippen LogP contribution in [0.3, 0.4) is 0 Å². The smallest absolute Gasteiger partial charge is 0.163 e. The highest BCUT2D eigenvalue weighted by Crippen LogP contribution is 2.50. The van der Waals surface area contributed by atoms with Gasteiger partial charge in [0.1, 0.15) is 0 Å². The van der Waals surface area contributed by atoms with Gasteiger partial charge in [0, 0.05) is 5.56 Å². The van der Waals surface area contributed by atoms with E-state index in [9.17, 15) is 15.3 Å². The van der Waals surface area contributed by atoms with E-state index in [0.29, 0.717) is 24.0 Å². The van der Waals surface area contributed by atoms with Crippen molar-refractivity contribution in [2.45, 2.75) is 25.4 Å². The van der Waals surface area contributed by atoms with Gasteiger partial charge in [-0.1, -0.05) is 12.1 Å². The van der Waals surface area contributed by atoms with E-state index in [2.05, 4.69) is 0 Å². The predicted molar refractivity (Wildman–Crippen MR) is 47.6 cm³/mol. The third-order valence-electron chi connectivity index (χ3n) is 2.58. The van der Waals surface area contributed by atoms with Crippen LogP contribution in [-0.2, 0) is 5.60 Å². The first-order valence-electron chi connectivity index (χ1n) is 4.29. The maximum Gasteiger partial charge on any atom is 0.163 e. The molecule has 1 aromatic rings. The van der Waals surface area contributed by atoms with Crippen molar-refractivity contribution in [3.8, 4) is 11.5 Å². The molecule has 2 rings (SSSR count). The molecule has 0 atom stereocenters. The van der Waals surface area contributed by atoms with Gasteiger partial charge in [0.2, 0.25) is 0 Å². The molecule has 0 bridgehead atoms. The summed E-state index contributed by atoms with van der Waals surface area (Å²) in [4.78, 5) is 0. The summed E-state index contributed by atoms with van der Waals surface area (Å²) >= 11 is 0. The Bertz CT molecular complexity index is 353. The van der Waals surface area contributed by atoms with Crippen molar-refractivity contribution >= 4 is 0 Å². The molecule has 3 heteroatoms. The number of hydrogen-bond donors (Lipinski definition) is 3. The van der Waals surface area contributed by atoms with Crippen molar-refractivity contribution in [2.24, 2.45) is 0 Å². The van der Waals surface area contributed by atoms with Crippen LogP contribution < -0.4 is 0 Å². The first kappa shape index (κ1) is 8.38. The zero-order valence-electron chi connectivity index (χ0n) is 7.41. The first-order valence-corrected chi connectivity index (χ1v) is 4.29. The summed E-state index contributed by atoms with van der Waals surface area (Å²) in [6, 6.07) is 3.36. The molecule has 0 radical (unpaired) electrons. The quantitative estimate of drug-likeness (QED) is 0.572. The van der Waals surface area contributed by atoms with E-state index in [1.165, 1.54) is 0 Å². The van der Waals surface area contributed by atoms with Crippen LogP contribution in [0.1, 0.15) is 24.0 Å². The summed E-state index contributed by atoms with van der Waals surface area (Å²) in [5.41, 5.74) is 0.163. The number of aliphatic hydroxyl groups is 1. The molecule has 70 valence electrons. The molecular weight excluding hydrogens is 168 g/mol. The zero-order chi connectivity index (χ0) is 9.64. The molecule has 1 aromatic carbocycles. The molecule has 0 unspecified atom stereocenters. The molecule has 0 heterocycles. The molecule has 3 N–H and O–H groups in total. The molecule has 0 aromatic heterocycles. The molecular formula is C10H12O3. The first-order chi connectivity index (χ1) is 6.04. The van der Waals surface area contributed by atoms with Gasteiger partial charge in [-0.05, 0) is 25.3 Å². The molecule has 1 saturated carbocycles. The highest BCUT2D eigenvalue weighted by atomic mass is 16.3. The number of aryl methyl sites for hydroxylation is 1. The van der Waals surface area contributed by atoms with E-state index in [0.717, 1.165) is 0 Å². The average molecular weight is 180 g/mol. The zero-order valence-corrected chi connectivity index (χ0v) is 7.41. The number of benzene rings is 1. The van der Waals surface area contributed by atoms with Crippen LogP contribution in [0.4, 0.5) is 0 Å². The van der Waals surface area contributed by atoms with E-state index in [-0.39, 0.29) is 11.5 Å². The lowest BCUT2D eigenvalue weighted by atomic mass is 10.0. The topological polar surface area (TPSA) is 60.7 Å². The van der Waals surface area contributed by atoms with Gasteiger partial charge in [0.25, 0.3) is 0 Å². The standard InChI is InChI=1S/C10H12O3/c1-6-2-3-7(9(12)8(6)11)10(13)4-5-10/h2-3,11-13H,4-5H2,1H3. The van der Waals surface area contributed by atoms with Gasteiger partial charge in [0.15, 0.2) is 11.5 Å². The number of phenols is 2. The summed E-state index contributed by atoms with van der Waals surface area (Å²) in [7, 11) is 0. The van der Waals surface area contributed by atoms with Crippen LogP contribution in [0.15, 0.2) is 12.1 Å². The summed E-state index contributed by atoms with van der Waals surface area (Å²) in [5, 5.41) is 28.7. The number of hydrogen-bond acceptors (Lipinski definition) is 3. The molecule has 1 aliphatic carbocycles. The molecule has 13 heavy (non-hydrogen) atoms. The van der Waals surface area contributed by atoms with Crippen LogP contribution in [0, 0.1) is 6.92 Å². The Morgan fingerprint density at radius 3 is 2.31 bits per heavy atom. The Labute approximate surface area is 76.3 Å². The van der Waals surface area contributed by atoms with Gasteiger partial charge in [0.05, 0.1) is 5.60 Å². The van der Waals surface area contributed by atoms with Crippen LogP contribution in [-0.4, -0.2) is 15.3 Å². The Morgan fingerprint density at radius 1 is 1.15 bits per heavy atom. The molecule has 0 aliphatic heterocycles. The number of phenolic OH excluding ortho intramolecular Hbond substituents is 2. The monoisotopic (exact) mass is 180 g/mol. The third-order valence-corrected chi connectivity index (χ3v) is 2.58. The van der Waals surface area contributed by atoms with E-state index >= 15 is 0 Å². The number of rotatable bonds is 1. The fraction of sp³-hybridized carbons (Fsp3) is 0.400. The van der Waals surface area contributed by atoms with Crippen LogP contribution >= 0.6 is 0 Å². The molecule has 1 fully saturated rings. The lowest BCUT2D eigenvalue weighted by molar-refractivity contribution is 0.147. The molecule has 0 saturated heterocycles. The maximum atomic E-state index is 9.73. The minimum absolute atomic E-state index is 0.127. The highest BCUT2D eigenvalue weighted by molar-refractivity contribution is 5.52. The Balaban J connectivity index is 2.54. The SMILES string of the molecule is Cc1ccc(C2(O)CC2)c(O)c1O. The minimum Gasteiger partial charge on any atom is -0.504 e. The second-order valence-electron chi connectivity index (χ2n) is 3.66. The predicted octanol–water partition coefficient (Wildman–Crippen LogP) is 1.39. The summed E-state index contributed by atoms with van der Waals surface area (Å²) in [5.74, 6) is -0.308. The van der Waals surface area contributed by atoms with Gasteiger partial charge in [-0.15, -0.1) is 0 Å². The maximum absolute atomic E-state index is 9.73. The van der Waals surface area contributed by atoms with Crippen LogP contribution in [0.25, 0.3) is 0 Å². The van der Waals surface area contributed by atoms with Gasteiger partial charge >= 0.3 is 0 Å². The van der Waals surface area contributed by atoms with E-state index < -0.39 is 5.60 Å². The van der Waals surface area contributed by atoms with Gasteiger partial charge in [-0.2, -0.15) is 0 Å². The Morgan fingerprint density at radius 2 is 1.77 bits per heavy atom. The average Bonchev–Trinajstić information content (AvgIpc) is 2.80. The second-order valence-corrected chi connectivity index (χ2v) is 3.66. The van der Waals surface area contributed by atoms with Gasteiger partial charge in [-0.25, -0.2) is 0 Å². The van der Waals surface area contributed by atoms with E-state index in [1.54, 1.807) is 19.1 Å². The highest BCUT2D eigenvalue weighted by Gasteiger charge is 2.44. The molecule has 0 amide bonds. The minimum atomic E-state index is -0.894. The van der Waals surface area contributed by atoms with Gasteiger partial charge in [-0.3, -0.25) is 0 Å². The molecule has 3 nitrogen and oxygen atoms in total. The summed E-state index contributed by atoms with van der Waals surface area (Å²) < 4.78 is 0. The largest absolute Gasteiger partial charge is 0.504 e. The second kappa shape index (κ2) is 2.39. The molecule has 0 spiro atoms. The molecule has 1 aliphatic rings. The van der Waals surface area contributed by atoms with E-state index in [4.69, 9.17) is 0 Å². The van der Waals surface area contributed by atoms with Crippen molar-refractivity contribution in [2.75, 3.05) is 0 Å². The van der Waals surface area contributed by atoms with Crippen LogP contribution in [0.2, 0.25) is 0 Å². The Kier molecular flexibility index (Phi) is 1.54. The van der Waals surface area contributed by atoms with Crippen LogP contribution in [0.5, 0.6) is 11.5 Å². The van der Waals surface area contributed by atoms with Crippen molar-refractivity contribution in [1.82, 2.24) is 0 Å². The fourth-order valence-electron chi connectivity index (χ4n) is 1.44. The van der Waals surface area contributed by atoms with Gasteiger partial charge < -0.3 is 15.3 Å². The van der Waals surface area contributed by atoms with Crippen molar-refractivity contribution in [1.29, 1.82) is 0 Å². The number of aromatic hydroxyl groups is 2. The normalized spacial score (nSPS) is 18.6. The third kappa shape index (κ3) is 1.16. The lowest BCUT2D eigenvalue weighted by Crippen LogP contribution is -2.04. The summed E-state index contributed by atoms with van der Waals surface area (Å²) in [6.45, 7) is 1.70. The lowest BCUT2D eigenvalue weighted by Gasteiger charge is -2.12. The van der Waals surface area contributed by atoms with Crippen molar-refractivity contribution in [3.05, 3.63) is 23.3 Å². The van der Waals surface area contributed by atoms with E-state index in [1.807, 2.05) is 0 Å². The summed E-state index contributed by atoms with van der Waals surface area (Å²) in [6.07, 6.45) is 1.31. The Hall–Kier alpha value is -1.22. The van der Waals surface area contributed by atoms with Crippen molar-refractivity contribution < 1.29 is 15.3 Å². The van der Waals surface area contributed by atoms with Crippen molar-refractivity contribution in [3.63, 3.8) is 0 Å². The fourth-order valence-corrected chi connectivity index (χ4v) is 1.44.